The standard InChI is InChI=1S/C11H8NO2Se/c1-12-6-8-10(15)7-4-2-3-5-9(7)14-11(8)13/h2-6H,1H3. The number of nitrogens with zero attached hydrogens (tertiary/aromatic N) is 1. The van der Waals surface area contributed by atoms with E-state index >= 15 is 0 Å². The van der Waals surface area contributed by atoms with Crippen molar-refractivity contribution in [3.05, 3.63) is 40.2 Å². The number of para-hydroxylation sites is 1. The van der Waals surface area contributed by atoms with Gasteiger partial charge < -0.3 is 0 Å². The van der Waals surface area contributed by atoms with Crippen molar-refractivity contribution in [3.8, 4) is 0 Å². The molecule has 0 bridgehead atoms. The zero-order valence-electron chi connectivity index (χ0n) is 8.06. The predicted molar refractivity (Wildman–Crippen MR) is 61.4 cm³/mol. The quantitative estimate of drug-likeness (QED) is 0.431. The van der Waals surface area contributed by atoms with Crippen LogP contribution in [0.3, 0.4) is 0 Å². The summed E-state index contributed by atoms with van der Waals surface area (Å²) in [5.41, 5.74) is 0.689. The van der Waals surface area contributed by atoms with Crippen molar-refractivity contribution in [1.29, 1.82) is 0 Å². The summed E-state index contributed by atoms with van der Waals surface area (Å²) in [5, 5.41) is 0.895. The van der Waals surface area contributed by atoms with Gasteiger partial charge in [0.15, 0.2) is 0 Å². The van der Waals surface area contributed by atoms with Crippen LogP contribution in [0.15, 0.2) is 38.5 Å². The molecule has 0 saturated heterocycles. The number of hydrogen-bond acceptors (Lipinski definition) is 3. The molecule has 4 heteroatoms. The number of rotatable bonds is 1. The molecular weight excluding hydrogens is 257 g/mol. The van der Waals surface area contributed by atoms with Crippen molar-refractivity contribution >= 4 is 37.7 Å². The Hall–Kier alpha value is -1.38. The topological polar surface area (TPSA) is 42.6 Å². The minimum absolute atomic E-state index is 0.368. The van der Waals surface area contributed by atoms with Crippen molar-refractivity contribution in [1.82, 2.24) is 0 Å². The van der Waals surface area contributed by atoms with Crippen LogP contribution in [0.2, 0.25) is 0 Å². The average molecular weight is 265 g/mol. The average Bonchev–Trinajstić information content (AvgIpc) is 2.24. The molecular formula is C11H8NO2Se. The van der Waals surface area contributed by atoms with Crippen LogP contribution in [0.5, 0.6) is 0 Å². The number of benzene rings is 1. The van der Waals surface area contributed by atoms with Crippen LogP contribution in [-0.4, -0.2) is 29.3 Å². The van der Waals surface area contributed by atoms with Crippen LogP contribution in [0.1, 0.15) is 5.56 Å². The van der Waals surface area contributed by atoms with Gasteiger partial charge in [-0.15, -0.1) is 0 Å². The third-order valence-corrected chi connectivity index (χ3v) is 2.98. The first-order valence-electron chi connectivity index (χ1n) is 4.39. The van der Waals surface area contributed by atoms with Crippen LogP contribution in [0.25, 0.3) is 11.0 Å². The van der Waals surface area contributed by atoms with E-state index in [2.05, 4.69) is 21.0 Å². The van der Waals surface area contributed by atoms with Gasteiger partial charge in [0, 0.05) is 0 Å². The van der Waals surface area contributed by atoms with E-state index in [1.165, 1.54) is 6.21 Å². The molecule has 0 fully saturated rings. The van der Waals surface area contributed by atoms with Crippen molar-refractivity contribution < 1.29 is 4.42 Å². The van der Waals surface area contributed by atoms with Crippen LogP contribution >= 0.6 is 0 Å². The molecule has 0 aliphatic carbocycles. The maximum atomic E-state index is 11.6. The summed E-state index contributed by atoms with van der Waals surface area (Å²) in [5.74, 6) is 0. The van der Waals surface area contributed by atoms with Gasteiger partial charge in [-0.1, -0.05) is 0 Å². The predicted octanol–water partition coefficient (Wildman–Crippen LogP) is 0.636. The molecule has 0 aliphatic heterocycles. The molecule has 0 N–H and O–H groups in total. The summed E-state index contributed by atoms with van der Waals surface area (Å²) in [6, 6.07) is 7.40. The Morgan fingerprint density at radius 3 is 2.87 bits per heavy atom. The molecule has 0 unspecified atom stereocenters. The first-order valence-corrected chi connectivity index (χ1v) is 5.24. The van der Waals surface area contributed by atoms with Crippen molar-refractivity contribution in [2.24, 2.45) is 4.99 Å². The summed E-state index contributed by atoms with van der Waals surface area (Å²) in [4.78, 5) is 15.4. The molecule has 0 aliphatic rings. The van der Waals surface area contributed by atoms with E-state index in [4.69, 9.17) is 4.42 Å². The second kappa shape index (κ2) is 4.01. The molecule has 1 heterocycles. The third kappa shape index (κ3) is 1.74. The zero-order valence-corrected chi connectivity index (χ0v) is 9.77. The van der Waals surface area contributed by atoms with Gasteiger partial charge in [0.1, 0.15) is 0 Å². The summed E-state index contributed by atoms with van der Waals surface area (Å²) in [6.45, 7) is 0. The van der Waals surface area contributed by atoms with E-state index in [-0.39, 0.29) is 5.63 Å². The molecule has 1 aromatic heterocycles. The Kier molecular flexibility index (Phi) is 2.71. The second-order valence-corrected chi connectivity index (χ2v) is 3.87. The molecule has 15 heavy (non-hydrogen) atoms. The SMILES string of the molecule is CN=Cc1c([Se])c2ccccc2oc1=O. The van der Waals surface area contributed by atoms with E-state index in [1.807, 2.05) is 18.2 Å². The van der Waals surface area contributed by atoms with Crippen molar-refractivity contribution in [2.75, 3.05) is 7.05 Å². The first-order chi connectivity index (χ1) is 7.24. The monoisotopic (exact) mass is 266 g/mol. The van der Waals surface area contributed by atoms with E-state index in [1.54, 1.807) is 13.1 Å². The normalized spacial score (nSPS) is 11.3. The van der Waals surface area contributed by atoms with Gasteiger partial charge in [0.25, 0.3) is 0 Å². The zero-order chi connectivity index (χ0) is 10.8. The Labute approximate surface area is 94.6 Å². The van der Waals surface area contributed by atoms with Gasteiger partial charge in [-0.3, -0.25) is 0 Å². The Morgan fingerprint density at radius 2 is 2.13 bits per heavy atom. The summed E-state index contributed by atoms with van der Waals surface area (Å²) < 4.78 is 5.94. The minimum atomic E-state index is -0.368. The molecule has 0 amide bonds. The van der Waals surface area contributed by atoms with Gasteiger partial charge in [0.2, 0.25) is 0 Å². The number of fused-ring (bicyclic) bond motifs is 1. The molecule has 3 nitrogen and oxygen atoms in total. The van der Waals surface area contributed by atoms with Gasteiger partial charge in [-0.05, 0) is 0 Å². The van der Waals surface area contributed by atoms with Crippen LogP contribution in [-0.2, 0) is 0 Å². The molecule has 0 saturated carbocycles. The Balaban J connectivity index is 2.90. The number of hydrogen-bond donors (Lipinski definition) is 0. The maximum absolute atomic E-state index is 11.6. The second-order valence-electron chi connectivity index (χ2n) is 3.02. The van der Waals surface area contributed by atoms with Crippen LogP contribution < -0.4 is 10.1 Å². The molecule has 0 spiro atoms. The fourth-order valence-electron chi connectivity index (χ4n) is 1.38. The number of aliphatic imine (C=N–C) groups is 1. The molecule has 75 valence electrons. The fourth-order valence-corrected chi connectivity index (χ4v) is 2.02. The molecule has 1 aromatic carbocycles. The summed E-state index contributed by atoms with van der Waals surface area (Å²) in [7, 11) is 1.62. The third-order valence-electron chi connectivity index (χ3n) is 2.06. The van der Waals surface area contributed by atoms with Crippen LogP contribution in [0.4, 0.5) is 0 Å². The van der Waals surface area contributed by atoms with Crippen LogP contribution in [0, 0.1) is 0 Å². The summed E-state index contributed by atoms with van der Waals surface area (Å²) in [6.07, 6.45) is 1.50. The van der Waals surface area contributed by atoms with E-state index < -0.39 is 0 Å². The molecule has 0 atom stereocenters. The first kappa shape index (κ1) is 10.1. The van der Waals surface area contributed by atoms with Crippen molar-refractivity contribution in [2.45, 2.75) is 0 Å². The Bertz CT molecular complexity index is 587. The fraction of sp³-hybridized carbons (Fsp3) is 0.0909. The van der Waals surface area contributed by atoms with E-state index in [9.17, 15) is 4.79 Å². The molecule has 1 radical (unpaired) electrons. The van der Waals surface area contributed by atoms with E-state index in [0.29, 0.717) is 11.1 Å². The van der Waals surface area contributed by atoms with Gasteiger partial charge >= 0.3 is 94.4 Å². The van der Waals surface area contributed by atoms with Crippen molar-refractivity contribution in [3.63, 3.8) is 0 Å². The Morgan fingerprint density at radius 1 is 1.40 bits per heavy atom. The summed E-state index contributed by atoms with van der Waals surface area (Å²) >= 11 is 2.89. The molecule has 2 rings (SSSR count). The van der Waals surface area contributed by atoms with Gasteiger partial charge in [0.05, 0.1) is 0 Å². The van der Waals surface area contributed by atoms with E-state index in [0.717, 1.165) is 9.85 Å². The van der Waals surface area contributed by atoms with Gasteiger partial charge in [-0.2, -0.15) is 0 Å². The molecule has 2 aromatic rings. The van der Waals surface area contributed by atoms with Gasteiger partial charge in [-0.25, -0.2) is 0 Å².